The number of benzene rings is 2. The van der Waals surface area contributed by atoms with Gasteiger partial charge in [0.15, 0.2) is 0 Å². The van der Waals surface area contributed by atoms with Crippen LogP contribution in [0.25, 0.3) is 0 Å². The lowest BCUT2D eigenvalue weighted by Crippen LogP contribution is -2.50. The van der Waals surface area contributed by atoms with E-state index in [4.69, 9.17) is 11.6 Å². The van der Waals surface area contributed by atoms with E-state index in [1.807, 2.05) is 12.1 Å². The van der Waals surface area contributed by atoms with Crippen molar-refractivity contribution in [3.8, 4) is 0 Å². The maximum atomic E-state index is 13.4. The third kappa shape index (κ3) is 5.26. The highest BCUT2D eigenvalue weighted by Gasteiger charge is 2.35. The third-order valence-corrected chi connectivity index (χ3v) is 5.55. The quantitative estimate of drug-likeness (QED) is 0.454. The average molecular weight is 458 g/mol. The zero-order valence-electron chi connectivity index (χ0n) is 17.8. The molecule has 1 heterocycles. The van der Waals surface area contributed by atoms with Crippen molar-refractivity contribution in [3.05, 3.63) is 81.1 Å². The van der Waals surface area contributed by atoms with Crippen LogP contribution >= 0.6 is 11.6 Å². The van der Waals surface area contributed by atoms with E-state index < -0.39 is 16.9 Å². The zero-order chi connectivity index (χ0) is 23.4. The number of hydrogen-bond acceptors (Lipinski definition) is 5. The SMILES string of the molecule is CC(C)CCN1C=CN(c2ccc(C(=O)O)cc2[N+](=O)[O-])[C@@H](Cc2ccc(Cl)cc2)C1=O. The van der Waals surface area contributed by atoms with Gasteiger partial charge in [-0.3, -0.25) is 14.9 Å². The predicted molar refractivity (Wildman–Crippen MR) is 122 cm³/mol. The van der Waals surface area contributed by atoms with Crippen molar-refractivity contribution in [1.29, 1.82) is 0 Å². The molecule has 8 nitrogen and oxygen atoms in total. The Morgan fingerprint density at radius 3 is 2.47 bits per heavy atom. The van der Waals surface area contributed by atoms with Crippen LogP contribution in [0.1, 0.15) is 36.2 Å². The Morgan fingerprint density at radius 1 is 1.19 bits per heavy atom. The van der Waals surface area contributed by atoms with E-state index >= 15 is 0 Å². The first-order valence-electron chi connectivity index (χ1n) is 10.2. The lowest BCUT2D eigenvalue weighted by atomic mass is 10.0. The van der Waals surface area contributed by atoms with E-state index in [2.05, 4.69) is 13.8 Å². The molecule has 2 aromatic rings. The van der Waals surface area contributed by atoms with Crippen LogP contribution in [-0.4, -0.2) is 39.4 Å². The summed E-state index contributed by atoms with van der Waals surface area (Å²) in [5, 5.41) is 21.5. The first-order valence-corrected chi connectivity index (χ1v) is 10.6. The number of halogens is 1. The summed E-state index contributed by atoms with van der Waals surface area (Å²) in [5.41, 5.74) is 0.438. The average Bonchev–Trinajstić information content (AvgIpc) is 2.75. The lowest BCUT2D eigenvalue weighted by molar-refractivity contribution is -0.384. The smallest absolute Gasteiger partial charge is 0.335 e. The fourth-order valence-electron chi connectivity index (χ4n) is 3.52. The highest BCUT2D eigenvalue weighted by Crippen LogP contribution is 2.34. The normalized spacial score (nSPS) is 16.0. The molecule has 0 unspecified atom stereocenters. The van der Waals surface area contributed by atoms with Gasteiger partial charge < -0.3 is 14.9 Å². The molecule has 0 bridgehead atoms. The topological polar surface area (TPSA) is 104 Å². The molecular formula is C23H24ClN3O5. The summed E-state index contributed by atoms with van der Waals surface area (Å²) in [6, 6.07) is 10.0. The molecule has 3 rings (SSSR count). The van der Waals surface area contributed by atoms with Crippen LogP contribution in [0.5, 0.6) is 0 Å². The van der Waals surface area contributed by atoms with E-state index in [-0.39, 0.29) is 22.8 Å². The van der Waals surface area contributed by atoms with Crippen molar-refractivity contribution in [2.24, 2.45) is 5.92 Å². The number of nitrogens with zero attached hydrogens (tertiary/aromatic N) is 3. The summed E-state index contributed by atoms with van der Waals surface area (Å²) in [6.07, 6.45) is 4.39. The number of nitro groups is 1. The van der Waals surface area contributed by atoms with Crippen molar-refractivity contribution in [1.82, 2.24) is 4.90 Å². The third-order valence-electron chi connectivity index (χ3n) is 5.30. The molecule has 0 aromatic heterocycles. The molecule has 0 saturated heterocycles. The number of rotatable bonds is 8. The van der Waals surface area contributed by atoms with Gasteiger partial charge in [-0.15, -0.1) is 0 Å². The molecule has 0 radical (unpaired) electrons. The summed E-state index contributed by atoms with van der Waals surface area (Å²) in [4.78, 5) is 39.0. The Kier molecular flexibility index (Phi) is 7.15. The molecule has 1 aliphatic heterocycles. The number of hydrogen-bond donors (Lipinski definition) is 1. The highest BCUT2D eigenvalue weighted by molar-refractivity contribution is 6.30. The molecule has 0 spiro atoms. The maximum Gasteiger partial charge on any atom is 0.335 e. The first-order chi connectivity index (χ1) is 15.2. The molecular weight excluding hydrogens is 434 g/mol. The number of carbonyl (C=O) groups excluding carboxylic acids is 1. The van der Waals surface area contributed by atoms with Crippen LogP contribution in [-0.2, 0) is 11.2 Å². The van der Waals surface area contributed by atoms with E-state index in [0.717, 1.165) is 18.1 Å². The minimum absolute atomic E-state index is 0.159. The Bertz CT molecular complexity index is 1050. The summed E-state index contributed by atoms with van der Waals surface area (Å²) in [5.74, 6) is -1.03. The Labute approximate surface area is 190 Å². The van der Waals surface area contributed by atoms with Gasteiger partial charge in [0.25, 0.3) is 5.69 Å². The largest absolute Gasteiger partial charge is 0.478 e. The van der Waals surface area contributed by atoms with Crippen molar-refractivity contribution in [2.75, 3.05) is 11.4 Å². The molecule has 0 aliphatic carbocycles. The van der Waals surface area contributed by atoms with E-state index in [1.54, 1.807) is 34.3 Å². The fraction of sp³-hybridized carbons (Fsp3) is 0.304. The number of aromatic carboxylic acids is 1. The lowest BCUT2D eigenvalue weighted by Gasteiger charge is -2.37. The number of carboxylic acid groups (broad SMARTS) is 1. The predicted octanol–water partition coefficient (Wildman–Crippen LogP) is 4.72. The second-order valence-electron chi connectivity index (χ2n) is 8.03. The van der Waals surface area contributed by atoms with Crippen LogP contribution in [0.4, 0.5) is 11.4 Å². The van der Waals surface area contributed by atoms with Crippen LogP contribution in [0.2, 0.25) is 5.02 Å². The minimum Gasteiger partial charge on any atom is -0.478 e. The standard InChI is InChI=1S/C23H24ClN3O5/c1-15(2)9-10-25-11-12-26(19-8-5-17(23(29)30)14-20(19)27(31)32)21(22(25)28)13-16-3-6-18(24)7-4-16/h3-8,11-12,14-15,21H,9-10,13H2,1-2H3,(H,29,30)/t21-/m0/s1. The van der Waals surface area contributed by atoms with E-state index in [1.165, 1.54) is 12.1 Å². The number of carboxylic acids is 1. The molecule has 1 amide bonds. The summed E-state index contributed by atoms with van der Waals surface area (Å²) in [7, 11) is 0. The Morgan fingerprint density at radius 2 is 1.88 bits per heavy atom. The van der Waals surface area contributed by atoms with Gasteiger partial charge >= 0.3 is 5.97 Å². The fourth-order valence-corrected chi connectivity index (χ4v) is 3.65. The van der Waals surface area contributed by atoms with Gasteiger partial charge in [0.2, 0.25) is 5.91 Å². The molecule has 2 aromatic carbocycles. The maximum absolute atomic E-state index is 13.4. The minimum atomic E-state index is -1.26. The number of nitro benzene ring substituents is 1. The van der Waals surface area contributed by atoms with Crippen molar-refractivity contribution >= 4 is 34.9 Å². The van der Waals surface area contributed by atoms with Gasteiger partial charge in [-0.05, 0) is 42.2 Å². The van der Waals surface area contributed by atoms with Gasteiger partial charge in [-0.2, -0.15) is 0 Å². The van der Waals surface area contributed by atoms with Crippen molar-refractivity contribution < 1.29 is 19.6 Å². The van der Waals surface area contributed by atoms with Crippen molar-refractivity contribution in [2.45, 2.75) is 32.7 Å². The van der Waals surface area contributed by atoms with Crippen LogP contribution in [0.15, 0.2) is 54.9 Å². The first kappa shape index (κ1) is 23.3. The number of carbonyl (C=O) groups is 2. The molecule has 0 saturated carbocycles. The van der Waals surface area contributed by atoms with Gasteiger partial charge in [-0.1, -0.05) is 37.6 Å². The van der Waals surface area contributed by atoms with E-state index in [0.29, 0.717) is 23.9 Å². The second-order valence-corrected chi connectivity index (χ2v) is 8.47. The van der Waals surface area contributed by atoms with Gasteiger partial charge in [0.1, 0.15) is 11.7 Å². The van der Waals surface area contributed by atoms with Crippen molar-refractivity contribution in [3.63, 3.8) is 0 Å². The molecule has 32 heavy (non-hydrogen) atoms. The summed E-state index contributed by atoms with van der Waals surface area (Å²) in [6.45, 7) is 4.68. The molecule has 0 fully saturated rings. The Hall–Kier alpha value is -3.39. The zero-order valence-corrected chi connectivity index (χ0v) is 18.5. The molecule has 9 heteroatoms. The Balaban J connectivity index is 2.03. The van der Waals surface area contributed by atoms with Gasteiger partial charge in [0, 0.05) is 36.5 Å². The summed E-state index contributed by atoms with van der Waals surface area (Å²) >= 11 is 5.98. The van der Waals surface area contributed by atoms with Crippen LogP contribution in [0, 0.1) is 16.0 Å². The van der Waals surface area contributed by atoms with E-state index in [9.17, 15) is 24.8 Å². The summed E-state index contributed by atoms with van der Waals surface area (Å²) < 4.78 is 0. The monoisotopic (exact) mass is 457 g/mol. The highest BCUT2D eigenvalue weighted by atomic mass is 35.5. The van der Waals surface area contributed by atoms with Crippen LogP contribution < -0.4 is 4.90 Å². The van der Waals surface area contributed by atoms with Crippen LogP contribution in [0.3, 0.4) is 0 Å². The molecule has 1 atom stereocenters. The molecule has 168 valence electrons. The molecule has 1 aliphatic rings. The van der Waals surface area contributed by atoms with Gasteiger partial charge in [-0.25, -0.2) is 4.79 Å². The number of anilines is 1. The number of amides is 1. The van der Waals surface area contributed by atoms with Gasteiger partial charge in [0.05, 0.1) is 10.5 Å². The molecule has 1 N–H and O–H groups in total. The second kappa shape index (κ2) is 9.82.